The average molecular weight is 345 g/mol. The largest absolute Gasteiger partial charge is 0.495 e. The molecule has 1 atom stereocenters. The number of aliphatic hydroxyl groups excluding tert-OH is 1. The fourth-order valence-corrected chi connectivity index (χ4v) is 4.25. The van der Waals surface area contributed by atoms with E-state index in [4.69, 9.17) is 4.74 Å². The maximum Gasteiger partial charge on any atom is 0.267 e. The highest BCUT2D eigenvalue weighted by Gasteiger charge is 2.28. The van der Waals surface area contributed by atoms with E-state index in [-0.39, 0.29) is 12.0 Å². The maximum absolute atomic E-state index is 12.9. The number of hydrogen-bond donors (Lipinski definition) is 1. The second-order valence-corrected chi connectivity index (χ2v) is 7.30. The van der Waals surface area contributed by atoms with Gasteiger partial charge >= 0.3 is 0 Å². The number of rotatable bonds is 4. The quantitative estimate of drug-likeness (QED) is 0.920. The molecule has 0 saturated carbocycles. The molecule has 1 aromatic heterocycles. The van der Waals surface area contributed by atoms with Crippen molar-refractivity contribution < 1.29 is 14.6 Å². The minimum atomic E-state index is -0.303. The molecule has 1 saturated heterocycles. The van der Waals surface area contributed by atoms with Gasteiger partial charge in [0.15, 0.2) is 0 Å². The minimum Gasteiger partial charge on any atom is -0.495 e. The maximum atomic E-state index is 12.9. The Bertz CT molecular complexity index is 688. The summed E-state index contributed by atoms with van der Waals surface area (Å²) < 4.78 is 5.44. The topological polar surface area (TPSA) is 49.8 Å². The summed E-state index contributed by atoms with van der Waals surface area (Å²) in [4.78, 5) is 16.5. The van der Waals surface area contributed by atoms with Gasteiger partial charge in [-0.25, -0.2) is 0 Å². The summed E-state index contributed by atoms with van der Waals surface area (Å²) in [5.41, 5.74) is 1.09. The van der Waals surface area contributed by atoms with Crippen molar-refractivity contribution in [2.24, 2.45) is 5.92 Å². The van der Waals surface area contributed by atoms with Crippen molar-refractivity contribution in [1.29, 1.82) is 0 Å². The van der Waals surface area contributed by atoms with Crippen LogP contribution in [0.2, 0.25) is 0 Å². The summed E-state index contributed by atoms with van der Waals surface area (Å²) in [5.74, 6) is 0.962. The van der Waals surface area contributed by atoms with Gasteiger partial charge in [-0.1, -0.05) is 30.3 Å². The normalized spacial score (nSPS) is 16.9. The molecule has 128 valence electrons. The number of likely N-dealkylation sites (tertiary alicyclic amines) is 1. The first-order chi connectivity index (χ1) is 11.6. The number of amides is 1. The van der Waals surface area contributed by atoms with Crippen LogP contribution >= 0.6 is 11.3 Å². The molecule has 24 heavy (non-hydrogen) atoms. The van der Waals surface area contributed by atoms with Gasteiger partial charge in [0.25, 0.3) is 5.91 Å². The molecule has 0 bridgehead atoms. The SMILES string of the molecule is COc1cc(-c2ccccc2)sc1C(=O)N1CCC(C(C)O)CC1. The molecule has 0 radical (unpaired) electrons. The van der Waals surface area contributed by atoms with Crippen molar-refractivity contribution in [2.75, 3.05) is 20.2 Å². The van der Waals surface area contributed by atoms with Gasteiger partial charge in [0, 0.05) is 18.0 Å². The molecule has 1 aliphatic rings. The Morgan fingerprint density at radius 2 is 1.96 bits per heavy atom. The number of benzene rings is 1. The molecule has 0 aliphatic carbocycles. The van der Waals surface area contributed by atoms with Crippen molar-refractivity contribution in [3.05, 3.63) is 41.3 Å². The number of hydrogen-bond acceptors (Lipinski definition) is 4. The Kier molecular flexibility index (Phi) is 5.21. The standard InChI is InChI=1S/C19H23NO3S/c1-13(21)14-8-10-20(11-9-14)19(22)18-16(23-2)12-17(24-18)15-6-4-3-5-7-15/h3-7,12-14,21H,8-11H2,1-2H3. The molecule has 1 aromatic carbocycles. The molecule has 1 aliphatic heterocycles. The lowest BCUT2D eigenvalue weighted by Crippen LogP contribution is -2.40. The molecule has 1 N–H and O–H groups in total. The van der Waals surface area contributed by atoms with Gasteiger partial charge < -0.3 is 14.7 Å². The van der Waals surface area contributed by atoms with E-state index < -0.39 is 0 Å². The Labute approximate surface area is 146 Å². The second kappa shape index (κ2) is 7.36. The molecule has 2 heterocycles. The second-order valence-electron chi connectivity index (χ2n) is 6.24. The van der Waals surface area contributed by atoms with Crippen LogP contribution in [0.3, 0.4) is 0 Å². The Balaban J connectivity index is 1.79. The number of piperidine rings is 1. The van der Waals surface area contributed by atoms with E-state index in [9.17, 15) is 9.90 Å². The predicted molar refractivity (Wildman–Crippen MR) is 96.6 cm³/mol. The van der Waals surface area contributed by atoms with E-state index in [2.05, 4.69) is 0 Å². The van der Waals surface area contributed by atoms with E-state index in [1.165, 1.54) is 11.3 Å². The third-order valence-electron chi connectivity index (χ3n) is 4.68. The van der Waals surface area contributed by atoms with Crippen LogP contribution in [0.1, 0.15) is 29.4 Å². The van der Waals surface area contributed by atoms with E-state index in [1.807, 2.05) is 48.2 Å². The number of carbonyl (C=O) groups excluding carboxylic acids is 1. The van der Waals surface area contributed by atoms with Gasteiger partial charge in [0.2, 0.25) is 0 Å². The number of thiophene rings is 1. The zero-order valence-corrected chi connectivity index (χ0v) is 14.9. The third kappa shape index (κ3) is 3.47. The van der Waals surface area contributed by atoms with Gasteiger partial charge in [-0.05, 0) is 37.3 Å². The Morgan fingerprint density at radius 3 is 2.54 bits per heavy atom. The average Bonchev–Trinajstić information content (AvgIpc) is 3.06. The van der Waals surface area contributed by atoms with Gasteiger partial charge in [0.05, 0.1) is 13.2 Å². The summed E-state index contributed by atoms with van der Waals surface area (Å²) in [6, 6.07) is 12.0. The molecule has 0 spiro atoms. The number of nitrogens with zero attached hydrogens (tertiary/aromatic N) is 1. The summed E-state index contributed by atoms with van der Waals surface area (Å²) in [6.07, 6.45) is 1.40. The van der Waals surface area contributed by atoms with Gasteiger partial charge in [-0.15, -0.1) is 11.3 Å². The summed E-state index contributed by atoms with van der Waals surface area (Å²) in [7, 11) is 1.60. The van der Waals surface area contributed by atoms with E-state index >= 15 is 0 Å². The van der Waals surface area contributed by atoms with Crippen LogP contribution in [0, 0.1) is 5.92 Å². The Morgan fingerprint density at radius 1 is 1.29 bits per heavy atom. The van der Waals surface area contributed by atoms with Crippen molar-refractivity contribution >= 4 is 17.2 Å². The van der Waals surface area contributed by atoms with Gasteiger partial charge in [0.1, 0.15) is 10.6 Å². The minimum absolute atomic E-state index is 0.0306. The molecular formula is C19H23NO3S. The zero-order valence-electron chi connectivity index (χ0n) is 14.1. The van der Waals surface area contributed by atoms with Crippen LogP contribution in [0.25, 0.3) is 10.4 Å². The van der Waals surface area contributed by atoms with Crippen molar-refractivity contribution in [3.8, 4) is 16.2 Å². The van der Waals surface area contributed by atoms with Gasteiger partial charge in [-0.2, -0.15) is 0 Å². The highest BCUT2D eigenvalue weighted by atomic mass is 32.1. The lowest BCUT2D eigenvalue weighted by atomic mass is 9.92. The van der Waals surface area contributed by atoms with E-state index in [1.54, 1.807) is 7.11 Å². The first-order valence-corrected chi connectivity index (χ1v) is 9.12. The van der Waals surface area contributed by atoms with Gasteiger partial charge in [-0.3, -0.25) is 4.79 Å². The first kappa shape index (κ1) is 17.0. The van der Waals surface area contributed by atoms with Crippen molar-refractivity contribution in [3.63, 3.8) is 0 Å². The lowest BCUT2D eigenvalue weighted by Gasteiger charge is -2.33. The number of ether oxygens (including phenoxy) is 1. The van der Waals surface area contributed by atoms with E-state index in [0.29, 0.717) is 29.6 Å². The molecule has 5 heteroatoms. The molecule has 1 amide bonds. The summed E-state index contributed by atoms with van der Waals surface area (Å²) in [6.45, 7) is 3.21. The van der Waals surface area contributed by atoms with Crippen LogP contribution in [-0.4, -0.2) is 42.2 Å². The smallest absolute Gasteiger partial charge is 0.267 e. The molecule has 1 fully saturated rings. The monoisotopic (exact) mass is 345 g/mol. The number of methoxy groups -OCH3 is 1. The summed E-state index contributed by atoms with van der Waals surface area (Å²) >= 11 is 1.48. The van der Waals surface area contributed by atoms with E-state index in [0.717, 1.165) is 23.3 Å². The molecular weight excluding hydrogens is 322 g/mol. The van der Waals surface area contributed by atoms with Crippen LogP contribution < -0.4 is 4.74 Å². The Hall–Kier alpha value is -1.85. The summed E-state index contributed by atoms with van der Waals surface area (Å²) in [5, 5.41) is 9.71. The number of aliphatic hydroxyl groups is 1. The highest BCUT2D eigenvalue weighted by Crippen LogP contribution is 2.37. The third-order valence-corrected chi connectivity index (χ3v) is 5.83. The van der Waals surface area contributed by atoms with Crippen molar-refractivity contribution in [2.45, 2.75) is 25.9 Å². The first-order valence-electron chi connectivity index (χ1n) is 8.30. The lowest BCUT2D eigenvalue weighted by molar-refractivity contribution is 0.0523. The van der Waals surface area contributed by atoms with Crippen LogP contribution in [0.4, 0.5) is 0 Å². The highest BCUT2D eigenvalue weighted by molar-refractivity contribution is 7.17. The van der Waals surface area contributed by atoms with Crippen molar-refractivity contribution in [1.82, 2.24) is 4.90 Å². The molecule has 3 rings (SSSR count). The molecule has 2 aromatic rings. The fourth-order valence-electron chi connectivity index (χ4n) is 3.15. The van der Waals surface area contributed by atoms with Crippen LogP contribution in [0.5, 0.6) is 5.75 Å². The molecule has 1 unspecified atom stereocenters. The fraction of sp³-hybridized carbons (Fsp3) is 0.421. The zero-order chi connectivity index (χ0) is 17.1. The molecule has 4 nitrogen and oxygen atoms in total. The van der Waals surface area contributed by atoms with Crippen LogP contribution in [-0.2, 0) is 0 Å². The number of carbonyl (C=O) groups is 1. The van der Waals surface area contributed by atoms with Crippen LogP contribution in [0.15, 0.2) is 36.4 Å². The predicted octanol–water partition coefficient (Wildman–Crippen LogP) is 3.66.